The molecule has 2 unspecified atom stereocenters. The maximum absolute atomic E-state index is 14.2. The van der Waals surface area contributed by atoms with Gasteiger partial charge < -0.3 is 0 Å². The van der Waals surface area contributed by atoms with Crippen LogP contribution in [0, 0.1) is 23.5 Å². The van der Waals surface area contributed by atoms with Gasteiger partial charge in [-0.15, -0.1) is 0 Å². The van der Waals surface area contributed by atoms with E-state index in [1.165, 1.54) is 12.1 Å². The van der Waals surface area contributed by atoms with E-state index in [0.29, 0.717) is 36.4 Å². The van der Waals surface area contributed by atoms with E-state index in [1.807, 2.05) is 26.8 Å². The highest BCUT2D eigenvalue weighted by molar-refractivity contribution is 5.97. The van der Waals surface area contributed by atoms with E-state index in [-0.39, 0.29) is 41.8 Å². The molecular formula is C29H36F2N6O2. The van der Waals surface area contributed by atoms with Crippen LogP contribution in [0.1, 0.15) is 76.8 Å². The molecule has 8 nitrogen and oxygen atoms in total. The highest BCUT2D eigenvalue weighted by atomic mass is 19.2. The molecule has 208 valence electrons. The molecule has 2 amide bonds. The zero-order valence-corrected chi connectivity index (χ0v) is 22.8. The van der Waals surface area contributed by atoms with Crippen molar-refractivity contribution in [1.82, 2.24) is 15.1 Å². The van der Waals surface area contributed by atoms with E-state index >= 15 is 0 Å². The number of hydrogen-bond acceptors (Lipinski definition) is 5. The number of rotatable bonds is 7. The molecule has 1 saturated carbocycles. The smallest absolute Gasteiger partial charge is 0.230 e. The van der Waals surface area contributed by atoms with Gasteiger partial charge in [0, 0.05) is 23.8 Å². The van der Waals surface area contributed by atoms with Crippen LogP contribution in [-0.4, -0.2) is 39.3 Å². The van der Waals surface area contributed by atoms with Gasteiger partial charge in [-0.25, -0.2) is 18.5 Å². The molecule has 0 spiro atoms. The molecule has 2 aromatic rings. The standard InChI is InChI=1S/C29H36F2N6O2/c1-4-7-25(32-17-22-10-6-11-24(30)27(22)31)35-26-15-20(16-33-37(26)19(3)34-23-12-13-23)14-21-9-5-8-18(2)28(38)36-29(21)39/h6,10-11,15-16,18,21,23H,4-5,7-9,12-14,17H2,1-3H3,(H,36,38,39). The molecular weight excluding hydrogens is 502 g/mol. The summed E-state index contributed by atoms with van der Waals surface area (Å²) in [5.41, 5.74) is 1.46. The predicted molar refractivity (Wildman–Crippen MR) is 145 cm³/mol. The number of amides is 2. The van der Waals surface area contributed by atoms with Crippen LogP contribution < -0.4 is 10.8 Å². The fourth-order valence-corrected chi connectivity index (χ4v) is 4.55. The summed E-state index contributed by atoms with van der Waals surface area (Å²) < 4.78 is 29.5. The SMILES string of the molecule is CCCC(=NCc1cccc(F)c1F)N=c1cc(CC2CCCC(C)C(=O)NC2=O)cnn1C(C)=NC1CC1. The molecule has 0 bridgehead atoms. The van der Waals surface area contributed by atoms with Crippen LogP contribution in [-0.2, 0) is 22.6 Å². The van der Waals surface area contributed by atoms with E-state index in [4.69, 9.17) is 9.98 Å². The first-order valence-corrected chi connectivity index (χ1v) is 13.7. The second kappa shape index (κ2) is 13.0. The lowest BCUT2D eigenvalue weighted by Crippen LogP contribution is -2.41. The Morgan fingerprint density at radius 1 is 1.15 bits per heavy atom. The summed E-state index contributed by atoms with van der Waals surface area (Å²) in [6.45, 7) is 5.66. The molecule has 1 aromatic carbocycles. The molecule has 4 rings (SSSR count). The maximum atomic E-state index is 14.2. The molecule has 39 heavy (non-hydrogen) atoms. The van der Waals surface area contributed by atoms with Gasteiger partial charge in [-0.05, 0) is 63.1 Å². The summed E-state index contributed by atoms with van der Waals surface area (Å²) in [6, 6.07) is 6.19. The molecule has 2 atom stereocenters. The number of carbonyl (C=O) groups is 2. The minimum Gasteiger partial charge on any atom is -0.296 e. The zero-order chi connectivity index (χ0) is 27.9. The molecule has 1 aromatic heterocycles. The summed E-state index contributed by atoms with van der Waals surface area (Å²) in [6.07, 6.45) is 7.70. The van der Waals surface area contributed by atoms with Gasteiger partial charge in [-0.2, -0.15) is 5.10 Å². The maximum Gasteiger partial charge on any atom is 0.230 e. The van der Waals surface area contributed by atoms with Crippen molar-refractivity contribution < 1.29 is 18.4 Å². The first kappa shape index (κ1) is 28.4. The molecule has 2 aliphatic rings. The second-order valence-corrected chi connectivity index (χ2v) is 10.4. The average Bonchev–Trinajstić information content (AvgIpc) is 3.72. The topological polar surface area (TPSA) is 101 Å². The van der Waals surface area contributed by atoms with Gasteiger partial charge in [0.25, 0.3) is 0 Å². The number of aromatic nitrogens is 2. The number of nitrogens with one attached hydrogen (secondary N) is 1. The van der Waals surface area contributed by atoms with Gasteiger partial charge in [0.15, 0.2) is 17.1 Å². The molecule has 1 N–H and O–H groups in total. The number of halogens is 2. The summed E-state index contributed by atoms with van der Waals surface area (Å²) in [4.78, 5) is 39.0. The van der Waals surface area contributed by atoms with E-state index in [0.717, 1.165) is 43.7 Å². The van der Waals surface area contributed by atoms with Gasteiger partial charge >= 0.3 is 0 Å². The quantitative estimate of drug-likeness (QED) is 0.319. The van der Waals surface area contributed by atoms with Crippen molar-refractivity contribution in [2.24, 2.45) is 26.8 Å². The third kappa shape index (κ3) is 7.74. The summed E-state index contributed by atoms with van der Waals surface area (Å²) in [5, 5.41) is 7.15. The Labute approximate surface area is 227 Å². The number of imide groups is 1. The third-order valence-corrected chi connectivity index (χ3v) is 7.01. The van der Waals surface area contributed by atoms with Crippen LogP contribution in [0.5, 0.6) is 0 Å². The van der Waals surface area contributed by atoms with Crippen LogP contribution in [0.25, 0.3) is 0 Å². The monoisotopic (exact) mass is 538 g/mol. The minimum absolute atomic E-state index is 0.0423. The van der Waals surface area contributed by atoms with Crippen molar-refractivity contribution >= 4 is 23.5 Å². The van der Waals surface area contributed by atoms with Crippen LogP contribution in [0.2, 0.25) is 0 Å². The largest absolute Gasteiger partial charge is 0.296 e. The molecule has 1 saturated heterocycles. The van der Waals surface area contributed by atoms with Gasteiger partial charge in [0.2, 0.25) is 11.8 Å². The molecule has 2 heterocycles. The predicted octanol–water partition coefficient (Wildman–Crippen LogP) is 4.51. The van der Waals surface area contributed by atoms with E-state index in [1.54, 1.807) is 10.9 Å². The number of hydrogen-bond donors (Lipinski definition) is 1. The van der Waals surface area contributed by atoms with Crippen LogP contribution >= 0.6 is 0 Å². The summed E-state index contributed by atoms with van der Waals surface area (Å²) >= 11 is 0. The number of amidine groups is 1. The van der Waals surface area contributed by atoms with E-state index in [9.17, 15) is 18.4 Å². The molecule has 0 radical (unpaired) electrons. The van der Waals surface area contributed by atoms with Crippen molar-refractivity contribution in [2.75, 3.05) is 0 Å². The normalized spacial score (nSPS) is 21.5. The third-order valence-electron chi connectivity index (χ3n) is 7.01. The highest BCUT2D eigenvalue weighted by Gasteiger charge is 2.27. The minimum atomic E-state index is -0.909. The fraction of sp³-hybridized carbons (Fsp3) is 0.517. The summed E-state index contributed by atoms with van der Waals surface area (Å²) in [7, 11) is 0. The zero-order valence-electron chi connectivity index (χ0n) is 22.8. The van der Waals surface area contributed by atoms with Gasteiger partial charge in [0.1, 0.15) is 11.7 Å². The van der Waals surface area contributed by atoms with Crippen molar-refractivity contribution in [2.45, 2.75) is 84.7 Å². The number of benzene rings is 1. The van der Waals surface area contributed by atoms with Gasteiger partial charge in [0.05, 0.1) is 18.8 Å². The Morgan fingerprint density at radius 3 is 2.69 bits per heavy atom. The first-order chi connectivity index (χ1) is 18.7. The number of aliphatic imine (C=N–C) groups is 2. The average molecular weight is 539 g/mol. The van der Waals surface area contributed by atoms with Gasteiger partial charge in [-0.1, -0.05) is 32.4 Å². The van der Waals surface area contributed by atoms with Gasteiger partial charge in [-0.3, -0.25) is 24.9 Å². The number of carbonyl (C=O) groups excluding carboxylic acids is 2. The van der Waals surface area contributed by atoms with Crippen molar-refractivity contribution in [3.8, 4) is 0 Å². The molecule has 2 fully saturated rings. The van der Waals surface area contributed by atoms with Crippen molar-refractivity contribution in [3.63, 3.8) is 0 Å². The summed E-state index contributed by atoms with van der Waals surface area (Å²) in [5.74, 6) is -1.67. The highest BCUT2D eigenvalue weighted by Crippen LogP contribution is 2.24. The molecule has 10 heteroatoms. The Kier molecular flexibility index (Phi) is 9.48. The van der Waals surface area contributed by atoms with Crippen molar-refractivity contribution in [3.05, 3.63) is 58.7 Å². The van der Waals surface area contributed by atoms with Crippen LogP contribution in [0.3, 0.4) is 0 Å². The van der Waals surface area contributed by atoms with Crippen LogP contribution in [0.4, 0.5) is 8.78 Å². The fourth-order valence-electron chi connectivity index (χ4n) is 4.55. The van der Waals surface area contributed by atoms with E-state index in [2.05, 4.69) is 15.4 Å². The van der Waals surface area contributed by atoms with E-state index < -0.39 is 11.6 Å². The Hall–Kier alpha value is -3.56. The Morgan fingerprint density at radius 2 is 1.95 bits per heavy atom. The number of nitrogens with zero attached hydrogens (tertiary/aromatic N) is 5. The Bertz CT molecular complexity index is 1350. The molecule has 1 aliphatic heterocycles. The second-order valence-electron chi connectivity index (χ2n) is 10.4. The molecule has 1 aliphatic carbocycles. The Balaban J connectivity index is 1.68. The first-order valence-electron chi connectivity index (χ1n) is 13.7. The lowest BCUT2D eigenvalue weighted by Gasteiger charge is -2.22. The van der Waals surface area contributed by atoms with Crippen molar-refractivity contribution in [1.29, 1.82) is 0 Å². The lowest BCUT2D eigenvalue weighted by atomic mass is 9.89. The lowest BCUT2D eigenvalue weighted by molar-refractivity contribution is -0.135. The van der Waals surface area contributed by atoms with Crippen LogP contribution in [0.15, 0.2) is 45.4 Å².